The molecule has 0 radical (unpaired) electrons. The van der Waals surface area contributed by atoms with Gasteiger partial charge in [0.05, 0.1) is 18.8 Å². The predicted octanol–water partition coefficient (Wildman–Crippen LogP) is 3.14. The third-order valence-corrected chi connectivity index (χ3v) is 3.86. The minimum Gasteiger partial charge on any atom is -0.497 e. The van der Waals surface area contributed by atoms with Gasteiger partial charge in [-0.1, -0.05) is 22.9 Å². The van der Waals surface area contributed by atoms with E-state index in [-0.39, 0.29) is 6.04 Å². The molecule has 1 unspecified atom stereocenters. The molecule has 0 saturated heterocycles. The molecule has 106 valence electrons. The third-order valence-electron chi connectivity index (χ3n) is 3.09. The lowest BCUT2D eigenvalue weighted by Gasteiger charge is -2.18. The molecule has 0 fully saturated rings. The van der Waals surface area contributed by atoms with Crippen LogP contribution in [0.1, 0.15) is 24.2 Å². The van der Waals surface area contributed by atoms with Crippen LogP contribution in [-0.4, -0.2) is 23.6 Å². The number of hydrogen-bond acceptors (Lipinski definition) is 4. The van der Waals surface area contributed by atoms with Crippen molar-refractivity contribution in [1.82, 2.24) is 15.3 Å². The molecule has 1 aromatic carbocycles. The standard InChI is InChI=1S/C15H18BrN3O/c1-3-18-15(14-6-7-17-10-19-14)9-11-8-12(20-2)4-5-13(11)16/h4-8,10,15,18H,3,9H2,1-2H3. The van der Waals surface area contributed by atoms with Crippen molar-refractivity contribution in [3.05, 3.63) is 52.5 Å². The highest BCUT2D eigenvalue weighted by Gasteiger charge is 2.14. The summed E-state index contributed by atoms with van der Waals surface area (Å²) in [6, 6.07) is 8.11. The maximum atomic E-state index is 5.29. The van der Waals surface area contributed by atoms with Gasteiger partial charge in [0.1, 0.15) is 12.1 Å². The van der Waals surface area contributed by atoms with E-state index in [4.69, 9.17) is 4.74 Å². The fourth-order valence-electron chi connectivity index (χ4n) is 2.09. The highest BCUT2D eigenvalue weighted by atomic mass is 79.9. The molecule has 0 bridgehead atoms. The Morgan fingerprint density at radius 1 is 1.35 bits per heavy atom. The summed E-state index contributed by atoms with van der Waals surface area (Å²) in [5.74, 6) is 0.862. The second-order valence-corrected chi connectivity index (χ2v) is 5.26. The number of nitrogens with zero attached hydrogens (tertiary/aromatic N) is 2. The van der Waals surface area contributed by atoms with Gasteiger partial charge in [-0.05, 0) is 42.8 Å². The van der Waals surface area contributed by atoms with E-state index in [1.165, 1.54) is 5.56 Å². The fraction of sp³-hybridized carbons (Fsp3) is 0.333. The third kappa shape index (κ3) is 3.77. The van der Waals surface area contributed by atoms with Crippen molar-refractivity contribution in [3.63, 3.8) is 0 Å². The van der Waals surface area contributed by atoms with Crippen LogP contribution in [0.15, 0.2) is 41.3 Å². The molecule has 0 aliphatic heterocycles. The molecular weight excluding hydrogens is 318 g/mol. The second-order valence-electron chi connectivity index (χ2n) is 4.41. The van der Waals surface area contributed by atoms with Crippen LogP contribution in [0.25, 0.3) is 0 Å². The number of likely N-dealkylation sites (N-methyl/N-ethyl adjacent to an activating group) is 1. The van der Waals surface area contributed by atoms with Gasteiger partial charge in [-0.2, -0.15) is 0 Å². The Hall–Kier alpha value is -1.46. The minimum absolute atomic E-state index is 0.159. The molecule has 0 amide bonds. The fourth-order valence-corrected chi connectivity index (χ4v) is 2.50. The Bertz CT molecular complexity index is 548. The molecule has 1 aromatic heterocycles. The number of aromatic nitrogens is 2. The first-order valence-corrected chi connectivity index (χ1v) is 7.35. The zero-order valence-electron chi connectivity index (χ0n) is 11.6. The minimum atomic E-state index is 0.159. The summed E-state index contributed by atoms with van der Waals surface area (Å²) in [6.07, 6.45) is 4.19. The number of nitrogens with one attached hydrogen (secondary N) is 1. The van der Waals surface area contributed by atoms with E-state index in [1.54, 1.807) is 19.6 Å². The van der Waals surface area contributed by atoms with Gasteiger partial charge in [0, 0.05) is 10.7 Å². The van der Waals surface area contributed by atoms with Crippen LogP contribution in [0.5, 0.6) is 5.75 Å². The first-order valence-electron chi connectivity index (χ1n) is 6.56. The monoisotopic (exact) mass is 335 g/mol. The molecule has 20 heavy (non-hydrogen) atoms. The van der Waals surface area contributed by atoms with Gasteiger partial charge in [-0.15, -0.1) is 0 Å². The van der Waals surface area contributed by atoms with Gasteiger partial charge in [-0.3, -0.25) is 0 Å². The van der Waals surface area contributed by atoms with Gasteiger partial charge in [0.15, 0.2) is 0 Å². The summed E-state index contributed by atoms with van der Waals surface area (Å²) in [4.78, 5) is 8.32. The summed E-state index contributed by atoms with van der Waals surface area (Å²) < 4.78 is 6.37. The Morgan fingerprint density at radius 2 is 2.20 bits per heavy atom. The SMILES string of the molecule is CCNC(Cc1cc(OC)ccc1Br)c1ccncn1. The molecule has 2 rings (SSSR count). The number of benzene rings is 1. The Kier molecular flexibility index (Phi) is 5.49. The van der Waals surface area contributed by atoms with Gasteiger partial charge < -0.3 is 10.1 Å². The van der Waals surface area contributed by atoms with Crippen LogP contribution in [0.4, 0.5) is 0 Å². The van der Waals surface area contributed by atoms with E-state index in [2.05, 4.69) is 44.2 Å². The Morgan fingerprint density at radius 3 is 2.85 bits per heavy atom. The van der Waals surface area contributed by atoms with E-state index < -0.39 is 0 Å². The van der Waals surface area contributed by atoms with Gasteiger partial charge in [-0.25, -0.2) is 9.97 Å². The highest BCUT2D eigenvalue weighted by Crippen LogP contribution is 2.26. The maximum Gasteiger partial charge on any atom is 0.119 e. The number of methoxy groups -OCH3 is 1. The topological polar surface area (TPSA) is 47.0 Å². The lowest BCUT2D eigenvalue weighted by Crippen LogP contribution is -2.24. The molecule has 4 nitrogen and oxygen atoms in total. The van der Waals surface area contributed by atoms with Gasteiger partial charge >= 0.3 is 0 Å². The van der Waals surface area contributed by atoms with E-state index in [1.807, 2.05) is 18.2 Å². The van der Waals surface area contributed by atoms with Gasteiger partial charge in [0.25, 0.3) is 0 Å². The van der Waals surface area contributed by atoms with Crippen molar-refractivity contribution in [2.75, 3.05) is 13.7 Å². The number of ether oxygens (including phenoxy) is 1. The molecule has 0 saturated carbocycles. The maximum absolute atomic E-state index is 5.29. The smallest absolute Gasteiger partial charge is 0.119 e. The zero-order valence-corrected chi connectivity index (χ0v) is 13.2. The van der Waals surface area contributed by atoms with Crippen LogP contribution in [0.3, 0.4) is 0 Å². The highest BCUT2D eigenvalue weighted by molar-refractivity contribution is 9.10. The summed E-state index contributed by atoms with van der Waals surface area (Å²) in [7, 11) is 1.68. The van der Waals surface area contributed by atoms with E-state index in [0.717, 1.165) is 28.9 Å². The summed E-state index contributed by atoms with van der Waals surface area (Å²) >= 11 is 3.60. The Labute approximate surface area is 127 Å². The van der Waals surface area contributed by atoms with Crippen molar-refractivity contribution < 1.29 is 4.74 Å². The molecule has 0 spiro atoms. The van der Waals surface area contributed by atoms with Crippen molar-refractivity contribution >= 4 is 15.9 Å². The summed E-state index contributed by atoms with van der Waals surface area (Å²) in [5.41, 5.74) is 2.19. The van der Waals surface area contributed by atoms with Crippen LogP contribution >= 0.6 is 15.9 Å². The molecule has 1 heterocycles. The van der Waals surface area contributed by atoms with Crippen molar-refractivity contribution in [3.8, 4) is 5.75 Å². The molecule has 2 aromatic rings. The van der Waals surface area contributed by atoms with Crippen LogP contribution in [0, 0.1) is 0 Å². The lowest BCUT2D eigenvalue weighted by molar-refractivity contribution is 0.413. The van der Waals surface area contributed by atoms with Crippen molar-refractivity contribution in [2.45, 2.75) is 19.4 Å². The first kappa shape index (κ1) is 14.9. The first-order chi connectivity index (χ1) is 9.74. The van der Waals surface area contributed by atoms with Crippen LogP contribution in [0.2, 0.25) is 0 Å². The summed E-state index contributed by atoms with van der Waals surface area (Å²) in [5, 5.41) is 3.46. The number of rotatable bonds is 6. The molecule has 1 atom stereocenters. The normalized spacial score (nSPS) is 12.2. The number of hydrogen-bond donors (Lipinski definition) is 1. The predicted molar refractivity (Wildman–Crippen MR) is 82.8 cm³/mol. The molecule has 1 N–H and O–H groups in total. The lowest BCUT2D eigenvalue weighted by atomic mass is 10.0. The van der Waals surface area contributed by atoms with Crippen molar-refractivity contribution in [2.24, 2.45) is 0 Å². The molecule has 0 aliphatic carbocycles. The number of halogens is 1. The average molecular weight is 336 g/mol. The summed E-state index contributed by atoms with van der Waals surface area (Å²) in [6.45, 7) is 2.98. The van der Waals surface area contributed by atoms with E-state index >= 15 is 0 Å². The van der Waals surface area contributed by atoms with E-state index in [0.29, 0.717) is 0 Å². The Balaban J connectivity index is 2.24. The zero-order chi connectivity index (χ0) is 14.4. The average Bonchev–Trinajstić information content (AvgIpc) is 2.49. The van der Waals surface area contributed by atoms with Crippen molar-refractivity contribution in [1.29, 1.82) is 0 Å². The molecular formula is C15H18BrN3O. The molecule has 0 aliphatic rings. The van der Waals surface area contributed by atoms with Crippen LogP contribution < -0.4 is 10.1 Å². The van der Waals surface area contributed by atoms with Gasteiger partial charge in [0.2, 0.25) is 0 Å². The largest absolute Gasteiger partial charge is 0.497 e. The second kappa shape index (κ2) is 7.36. The van der Waals surface area contributed by atoms with E-state index in [9.17, 15) is 0 Å². The van der Waals surface area contributed by atoms with Crippen LogP contribution in [-0.2, 0) is 6.42 Å². The quantitative estimate of drug-likeness (QED) is 0.880. The molecule has 5 heteroatoms.